The average Bonchev–Trinajstić information content (AvgIpc) is 3.65. The summed E-state index contributed by atoms with van der Waals surface area (Å²) < 4.78 is 26.0. The number of dihydropyridines is 1. The molecule has 2 unspecified atom stereocenters. The SMILES string of the molecule is CC(C1CCC(O)CC1)C1CC=C(c2cnc(N)c3oc(-c4c(-c5cccc(F)c5)ccc5cnsc45)cc23)C=N1. The molecule has 5 aromatic rings. The Morgan fingerprint density at radius 3 is 2.71 bits per heavy atom. The first kappa shape index (κ1) is 26.0. The first-order valence-corrected chi connectivity index (χ1v) is 15.0. The monoisotopic (exact) mass is 566 g/mol. The summed E-state index contributed by atoms with van der Waals surface area (Å²) in [6, 6.07) is 12.8. The van der Waals surface area contributed by atoms with Crippen molar-refractivity contribution in [3.05, 3.63) is 72.3 Å². The molecule has 1 aliphatic heterocycles. The van der Waals surface area contributed by atoms with Crippen LogP contribution >= 0.6 is 11.5 Å². The van der Waals surface area contributed by atoms with Gasteiger partial charge in [0.15, 0.2) is 11.4 Å². The molecule has 1 fully saturated rings. The Kier molecular flexibility index (Phi) is 6.67. The molecule has 0 bridgehead atoms. The van der Waals surface area contributed by atoms with E-state index in [9.17, 15) is 9.50 Å². The van der Waals surface area contributed by atoms with Crippen LogP contribution in [0, 0.1) is 17.7 Å². The van der Waals surface area contributed by atoms with Gasteiger partial charge in [0.25, 0.3) is 0 Å². The molecule has 0 spiro atoms. The highest BCUT2D eigenvalue weighted by molar-refractivity contribution is 7.14. The standard InChI is InChI=1S/C33H31FN4O2S/c1-18(19-5-9-24(39)10-6-19)28-12-8-21(15-36-28)27-17-37-33(35)31-26(27)14-29(40-31)30-25(20-3-2-4-23(34)13-20)11-7-22-16-38-41-32(22)30/h2-4,7-8,11,13-19,24,28,39H,5-6,9-10,12H2,1H3,(H2,35,37). The number of rotatable bonds is 5. The Balaban J connectivity index is 1.27. The smallest absolute Gasteiger partial charge is 0.177 e. The maximum atomic E-state index is 14.2. The topological polar surface area (TPSA) is 97.5 Å². The van der Waals surface area contributed by atoms with Gasteiger partial charge >= 0.3 is 0 Å². The number of halogens is 1. The summed E-state index contributed by atoms with van der Waals surface area (Å²) in [4.78, 5) is 9.45. The molecule has 0 radical (unpaired) electrons. The van der Waals surface area contributed by atoms with Crippen LogP contribution in [-0.4, -0.2) is 32.8 Å². The first-order chi connectivity index (χ1) is 20.0. The zero-order valence-electron chi connectivity index (χ0n) is 22.8. The van der Waals surface area contributed by atoms with E-state index in [1.54, 1.807) is 12.3 Å². The Hall–Kier alpha value is -3.88. The lowest BCUT2D eigenvalue weighted by molar-refractivity contribution is 0.0892. The molecule has 7 rings (SSSR count). The fourth-order valence-corrected chi connectivity index (χ4v) is 7.28. The van der Waals surface area contributed by atoms with Gasteiger partial charge in [-0.05, 0) is 90.4 Å². The highest BCUT2D eigenvalue weighted by Crippen LogP contribution is 2.44. The summed E-state index contributed by atoms with van der Waals surface area (Å²) in [6.07, 6.45) is 12.4. The van der Waals surface area contributed by atoms with Crippen molar-refractivity contribution in [1.29, 1.82) is 0 Å². The van der Waals surface area contributed by atoms with E-state index in [0.29, 0.717) is 29.0 Å². The van der Waals surface area contributed by atoms with Crippen molar-refractivity contribution in [3.63, 3.8) is 0 Å². The number of hydrogen-bond acceptors (Lipinski definition) is 7. The lowest BCUT2D eigenvalue weighted by Gasteiger charge is -2.34. The second-order valence-electron chi connectivity index (χ2n) is 11.3. The van der Waals surface area contributed by atoms with Gasteiger partial charge in [-0.3, -0.25) is 4.99 Å². The number of aliphatic hydroxyl groups excluding tert-OH is 1. The average molecular weight is 567 g/mol. The van der Waals surface area contributed by atoms with Gasteiger partial charge in [-0.1, -0.05) is 37.3 Å². The van der Waals surface area contributed by atoms with Crippen LogP contribution in [0.2, 0.25) is 0 Å². The summed E-state index contributed by atoms with van der Waals surface area (Å²) in [7, 11) is 0. The lowest BCUT2D eigenvalue weighted by atomic mass is 9.75. The van der Waals surface area contributed by atoms with Crippen LogP contribution in [0.1, 0.15) is 44.6 Å². The zero-order valence-corrected chi connectivity index (χ0v) is 23.6. The van der Waals surface area contributed by atoms with E-state index in [1.807, 2.05) is 36.7 Å². The van der Waals surface area contributed by atoms with E-state index in [0.717, 1.165) is 75.4 Å². The molecular weight excluding hydrogens is 535 g/mol. The van der Waals surface area contributed by atoms with Gasteiger partial charge in [0.2, 0.25) is 0 Å². The van der Waals surface area contributed by atoms with Gasteiger partial charge in [0.1, 0.15) is 11.6 Å². The molecule has 2 aromatic carbocycles. The molecule has 2 aliphatic rings. The molecule has 3 N–H and O–H groups in total. The molecule has 208 valence electrons. The Bertz CT molecular complexity index is 1810. The number of furan rings is 1. The molecule has 2 atom stereocenters. The fourth-order valence-electron chi connectivity index (χ4n) is 6.48. The maximum Gasteiger partial charge on any atom is 0.177 e. The van der Waals surface area contributed by atoms with E-state index in [1.165, 1.54) is 23.7 Å². The number of aliphatic hydroxyl groups is 1. The molecule has 3 aromatic heterocycles. The Labute approximate surface area is 241 Å². The van der Waals surface area contributed by atoms with E-state index < -0.39 is 0 Å². The third-order valence-electron chi connectivity index (χ3n) is 8.88. The zero-order chi connectivity index (χ0) is 28.1. The van der Waals surface area contributed by atoms with Crippen molar-refractivity contribution in [2.24, 2.45) is 16.8 Å². The Morgan fingerprint density at radius 2 is 1.93 bits per heavy atom. The molecule has 0 amide bonds. The minimum absolute atomic E-state index is 0.145. The molecule has 41 heavy (non-hydrogen) atoms. The maximum absolute atomic E-state index is 14.2. The van der Waals surface area contributed by atoms with Crippen molar-refractivity contribution >= 4 is 50.2 Å². The quantitative estimate of drug-likeness (QED) is 0.225. The first-order valence-electron chi connectivity index (χ1n) is 14.2. The molecular formula is C33H31FN4O2S. The van der Waals surface area contributed by atoms with Gasteiger partial charge < -0.3 is 15.3 Å². The normalized spacial score (nSPS) is 21.8. The van der Waals surface area contributed by atoms with Crippen LogP contribution < -0.4 is 5.73 Å². The van der Waals surface area contributed by atoms with Crippen LogP contribution in [0.25, 0.3) is 49.1 Å². The number of benzene rings is 2. The van der Waals surface area contributed by atoms with E-state index in [2.05, 4.69) is 22.4 Å². The van der Waals surface area contributed by atoms with Gasteiger partial charge in [0.05, 0.1) is 16.8 Å². The number of allylic oxidation sites excluding steroid dienone is 1. The number of nitrogens with zero attached hydrogens (tertiary/aromatic N) is 3. The summed E-state index contributed by atoms with van der Waals surface area (Å²) in [5, 5.41) is 11.8. The van der Waals surface area contributed by atoms with Crippen LogP contribution in [-0.2, 0) is 0 Å². The largest absolute Gasteiger partial charge is 0.452 e. The van der Waals surface area contributed by atoms with Crippen molar-refractivity contribution in [2.45, 2.75) is 51.2 Å². The number of anilines is 1. The summed E-state index contributed by atoms with van der Waals surface area (Å²) in [6.45, 7) is 2.30. The molecule has 0 saturated heterocycles. The number of hydrogen-bond donors (Lipinski definition) is 2. The molecule has 1 aliphatic carbocycles. The predicted octanol–water partition coefficient (Wildman–Crippen LogP) is 7.91. The fraction of sp³-hybridized carbons (Fsp3) is 0.303. The van der Waals surface area contributed by atoms with Crippen LogP contribution in [0.4, 0.5) is 10.2 Å². The predicted molar refractivity (Wildman–Crippen MR) is 164 cm³/mol. The van der Waals surface area contributed by atoms with Crippen LogP contribution in [0.15, 0.2) is 70.3 Å². The number of nitrogen functional groups attached to an aromatic ring is 1. The lowest BCUT2D eigenvalue weighted by Crippen LogP contribution is -2.30. The van der Waals surface area contributed by atoms with Gasteiger partial charge in [-0.25, -0.2) is 9.37 Å². The highest BCUT2D eigenvalue weighted by Gasteiger charge is 2.30. The second kappa shape index (κ2) is 10.5. The number of nitrogens with two attached hydrogens (primary N) is 1. The number of aliphatic imine (C=N–C) groups is 1. The summed E-state index contributed by atoms with van der Waals surface area (Å²) >= 11 is 1.39. The van der Waals surface area contributed by atoms with Crippen molar-refractivity contribution < 1.29 is 13.9 Å². The van der Waals surface area contributed by atoms with Crippen molar-refractivity contribution in [3.8, 4) is 22.5 Å². The minimum Gasteiger partial charge on any atom is -0.452 e. The molecule has 1 saturated carbocycles. The van der Waals surface area contributed by atoms with E-state index in [-0.39, 0.29) is 18.0 Å². The number of aromatic nitrogens is 2. The third-order valence-corrected chi connectivity index (χ3v) is 9.71. The van der Waals surface area contributed by atoms with Crippen molar-refractivity contribution in [2.75, 3.05) is 5.73 Å². The molecule has 4 heterocycles. The molecule has 6 nitrogen and oxygen atoms in total. The summed E-state index contributed by atoms with van der Waals surface area (Å²) in [5.74, 6) is 1.71. The summed E-state index contributed by atoms with van der Waals surface area (Å²) in [5.41, 5.74) is 11.2. The second-order valence-corrected chi connectivity index (χ2v) is 12.1. The molecule has 8 heteroatoms. The van der Waals surface area contributed by atoms with Crippen LogP contribution in [0.3, 0.4) is 0 Å². The van der Waals surface area contributed by atoms with Crippen molar-refractivity contribution in [1.82, 2.24) is 9.36 Å². The highest BCUT2D eigenvalue weighted by atomic mass is 32.1. The van der Waals surface area contributed by atoms with Crippen LogP contribution in [0.5, 0.6) is 0 Å². The van der Waals surface area contributed by atoms with Gasteiger partial charge in [-0.15, -0.1) is 0 Å². The van der Waals surface area contributed by atoms with E-state index >= 15 is 0 Å². The van der Waals surface area contributed by atoms with E-state index in [4.69, 9.17) is 15.1 Å². The third kappa shape index (κ3) is 4.75. The number of fused-ring (bicyclic) bond motifs is 2. The Morgan fingerprint density at radius 1 is 1.07 bits per heavy atom. The minimum atomic E-state index is -0.296. The van der Waals surface area contributed by atoms with Gasteiger partial charge in [0, 0.05) is 40.5 Å². The van der Waals surface area contributed by atoms with Gasteiger partial charge in [-0.2, -0.15) is 4.37 Å². The number of pyridine rings is 1.